The van der Waals surface area contributed by atoms with Gasteiger partial charge in [0, 0.05) is 0 Å². The Balaban J connectivity index is 4.89. The Morgan fingerprint density at radius 1 is 1.05 bits per heavy atom. The topological polar surface area (TPSA) is 211 Å². The lowest BCUT2D eigenvalue weighted by Gasteiger charge is -2.27. The van der Waals surface area contributed by atoms with Crippen molar-refractivity contribution in [2.45, 2.75) is 24.4 Å². The standard InChI is InChI=1S/C6H14O12P2/c7-1-3(9)5(10)6(11)4(2-8)17-20(15,16)18-19(12,13)14/h1,3-6,8-11H,2H2,(H,15,16)(H2,12,13,14)/t3-,4+,5+,6+/m0/s1. The third kappa shape index (κ3) is 6.97. The Bertz CT molecular complexity index is 405. The number of aliphatic hydroxyl groups is 4. The van der Waals surface area contributed by atoms with Crippen LogP contribution in [-0.4, -0.2) is 72.4 Å². The second-order valence-corrected chi connectivity index (χ2v) is 6.26. The van der Waals surface area contributed by atoms with E-state index >= 15 is 0 Å². The van der Waals surface area contributed by atoms with E-state index in [1.807, 2.05) is 0 Å². The Morgan fingerprint density at radius 3 is 1.90 bits per heavy atom. The molecule has 120 valence electrons. The van der Waals surface area contributed by atoms with Gasteiger partial charge in [-0.25, -0.2) is 9.13 Å². The molecule has 0 bridgehead atoms. The molecule has 0 saturated heterocycles. The minimum Gasteiger partial charge on any atom is -0.394 e. The first-order valence-electron chi connectivity index (χ1n) is 4.82. The minimum atomic E-state index is -5.40. The highest BCUT2D eigenvalue weighted by Crippen LogP contribution is 2.58. The number of carbonyl (C=O) groups excluding carboxylic acids is 1. The van der Waals surface area contributed by atoms with E-state index in [0.717, 1.165) is 0 Å². The van der Waals surface area contributed by atoms with Gasteiger partial charge in [0.25, 0.3) is 0 Å². The van der Waals surface area contributed by atoms with Gasteiger partial charge >= 0.3 is 15.6 Å². The fourth-order valence-electron chi connectivity index (χ4n) is 1.03. The summed E-state index contributed by atoms with van der Waals surface area (Å²) in [6, 6.07) is 0. The van der Waals surface area contributed by atoms with E-state index in [0.29, 0.717) is 0 Å². The summed E-state index contributed by atoms with van der Waals surface area (Å²) in [6.07, 6.45) is -8.71. The van der Waals surface area contributed by atoms with Crippen LogP contribution in [0.1, 0.15) is 0 Å². The number of hydrogen-bond acceptors (Lipinski definition) is 9. The normalized spacial score (nSPS) is 21.6. The van der Waals surface area contributed by atoms with E-state index in [-0.39, 0.29) is 6.29 Å². The van der Waals surface area contributed by atoms with E-state index < -0.39 is 46.7 Å². The van der Waals surface area contributed by atoms with Crippen LogP contribution in [0.2, 0.25) is 0 Å². The molecule has 5 atom stereocenters. The highest BCUT2D eigenvalue weighted by atomic mass is 31.3. The van der Waals surface area contributed by atoms with Crippen molar-refractivity contribution in [3.8, 4) is 0 Å². The SMILES string of the molecule is O=C[C@H](O)[C@@H](O)[C@H](O)[C@@H](CO)OP(=O)(O)OP(=O)(O)O. The van der Waals surface area contributed by atoms with Gasteiger partial charge in [-0.2, -0.15) is 4.31 Å². The quantitative estimate of drug-likeness (QED) is 0.164. The third-order valence-corrected chi connectivity index (χ3v) is 4.09. The van der Waals surface area contributed by atoms with E-state index in [9.17, 15) is 24.1 Å². The van der Waals surface area contributed by atoms with Gasteiger partial charge in [0.05, 0.1) is 6.61 Å². The van der Waals surface area contributed by atoms with Crippen molar-refractivity contribution in [3.05, 3.63) is 0 Å². The maximum Gasteiger partial charge on any atom is 0.481 e. The molecule has 0 spiro atoms. The summed E-state index contributed by atoms with van der Waals surface area (Å²) < 4.78 is 29.0. The maximum atomic E-state index is 11.1. The van der Waals surface area contributed by atoms with Gasteiger partial charge in [-0.05, 0) is 0 Å². The van der Waals surface area contributed by atoms with Crippen molar-refractivity contribution in [2.24, 2.45) is 0 Å². The molecule has 0 aliphatic heterocycles. The van der Waals surface area contributed by atoms with Crippen LogP contribution in [0.25, 0.3) is 0 Å². The van der Waals surface area contributed by atoms with Crippen LogP contribution in [0, 0.1) is 0 Å². The van der Waals surface area contributed by atoms with Crippen LogP contribution in [0.4, 0.5) is 0 Å². The van der Waals surface area contributed by atoms with Gasteiger partial charge in [-0.1, -0.05) is 0 Å². The number of rotatable bonds is 9. The smallest absolute Gasteiger partial charge is 0.394 e. The summed E-state index contributed by atoms with van der Waals surface area (Å²) in [5.41, 5.74) is 0. The van der Waals surface area contributed by atoms with Crippen LogP contribution >= 0.6 is 15.6 Å². The molecule has 0 aliphatic rings. The van der Waals surface area contributed by atoms with Crippen LogP contribution < -0.4 is 0 Å². The van der Waals surface area contributed by atoms with Gasteiger partial charge < -0.3 is 39.9 Å². The molecule has 0 aromatic rings. The molecule has 0 aromatic heterocycles. The fraction of sp³-hybridized carbons (Fsp3) is 0.833. The summed E-state index contributed by atoms with van der Waals surface area (Å²) in [5, 5.41) is 36.4. The number of carbonyl (C=O) groups is 1. The van der Waals surface area contributed by atoms with Gasteiger partial charge in [-0.15, -0.1) is 0 Å². The molecule has 12 nitrogen and oxygen atoms in total. The molecule has 0 fully saturated rings. The predicted molar refractivity (Wildman–Crippen MR) is 59.0 cm³/mol. The average molecular weight is 340 g/mol. The Hall–Kier alpha value is -0.230. The minimum absolute atomic E-state index is 0.160. The number of phosphoric ester groups is 1. The highest BCUT2D eigenvalue weighted by Gasteiger charge is 2.40. The lowest BCUT2D eigenvalue weighted by molar-refractivity contribution is -0.135. The third-order valence-electron chi connectivity index (χ3n) is 1.88. The first-order chi connectivity index (χ1) is 8.93. The van der Waals surface area contributed by atoms with Gasteiger partial charge in [0.2, 0.25) is 0 Å². The van der Waals surface area contributed by atoms with E-state index in [1.54, 1.807) is 0 Å². The molecule has 7 N–H and O–H groups in total. The first kappa shape index (κ1) is 19.8. The van der Waals surface area contributed by atoms with E-state index in [1.165, 1.54) is 0 Å². The second-order valence-electron chi connectivity index (χ2n) is 3.48. The van der Waals surface area contributed by atoms with Crippen LogP contribution in [0.3, 0.4) is 0 Å². The molecule has 20 heavy (non-hydrogen) atoms. The molecule has 14 heteroatoms. The summed E-state index contributed by atoms with van der Waals surface area (Å²) in [6.45, 7) is -1.20. The monoisotopic (exact) mass is 340 g/mol. The Morgan fingerprint density at radius 2 is 1.55 bits per heavy atom. The molecule has 0 aliphatic carbocycles. The summed E-state index contributed by atoms with van der Waals surface area (Å²) in [7, 11) is -10.8. The summed E-state index contributed by atoms with van der Waals surface area (Å²) in [4.78, 5) is 35.8. The predicted octanol–water partition coefficient (Wildman–Crippen LogP) is -3.14. The van der Waals surface area contributed by atoms with E-state index in [4.69, 9.17) is 24.9 Å². The molecule has 0 aromatic carbocycles. The molecule has 0 rings (SSSR count). The Kier molecular flexibility index (Phi) is 7.60. The van der Waals surface area contributed by atoms with Crippen LogP contribution in [0.5, 0.6) is 0 Å². The zero-order valence-electron chi connectivity index (χ0n) is 9.66. The van der Waals surface area contributed by atoms with Gasteiger partial charge in [0.15, 0.2) is 6.29 Å². The molecular weight excluding hydrogens is 326 g/mol. The molecule has 0 saturated carbocycles. The van der Waals surface area contributed by atoms with Crippen LogP contribution in [-0.2, 0) is 22.8 Å². The number of aldehydes is 1. The average Bonchev–Trinajstić information content (AvgIpc) is 2.30. The number of phosphoric acid groups is 2. The molecule has 1 unspecified atom stereocenters. The summed E-state index contributed by atoms with van der Waals surface area (Å²) >= 11 is 0. The molecule has 0 amide bonds. The fourth-order valence-corrected chi connectivity index (χ4v) is 2.79. The lowest BCUT2D eigenvalue weighted by atomic mass is 10.0. The maximum absolute atomic E-state index is 11.1. The Labute approximate surface area is 112 Å². The second kappa shape index (κ2) is 7.69. The number of hydrogen-bond donors (Lipinski definition) is 7. The highest BCUT2D eigenvalue weighted by molar-refractivity contribution is 7.60. The number of aliphatic hydroxyl groups excluding tert-OH is 4. The molecular formula is C6H14O12P2. The molecule has 0 radical (unpaired) electrons. The van der Waals surface area contributed by atoms with Crippen molar-refractivity contribution < 1.29 is 57.9 Å². The van der Waals surface area contributed by atoms with Gasteiger partial charge in [-0.3, -0.25) is 4.52 Å². The zero-order valence-corrected chi connectivity index (χ0v) is 11.4. The van der Waals surface area contributed by atoms with Crippen molar-refractivity contribution >= 4 is 21.9 Å². The van der Waals surface area contributed by atoms with E-state index in [2.05, 4.69) is 8.83 Å². The van der Waals surface area contributed by atoms with Crippen molar-refractivity contribution in [1.29, 1.82) is 0 Å². The van der Waals surface area contributed by atoms with Crippen molar-refractivity contribution in [1.82, 2.24) is 0 Å². The largest absolute Gasteiger partial charge is 0.481 e. The zero-order chi connectivity index (χ0) is 16.1. The summed E-state index contributed by atoms with van der Waals surface area (Å²) in [5.74, 6) is 0. The van der Waals surface area contributed by atoms with Crippen molar-refractivity contribution in [3.63, 3.8) is 0 Å². The lowest BCUT2D eigenvalue weighted by Crippen LogP contribution is -2.47. The van der Waals surface area contributed by atoms with Gasteiger partial charge in [0.1, 0.15) is 24.4 Å². The van der Waals surface area contributed by atoms with Crippen LogP contribution in [0.15, 0.2) is 0 Å². The van der Waals surface area contributed by atoms with Crippen molar-refractivity contribution in [2.75, 3.05) is 6.61 Å². The first-order valence-corrected chi connectivity index (χ1v) is 7.84. The molecule has 0 heterocycles.